The number of carbonyl (C=O) groups excluding carboxylic acids is 2. The van der Waals surface area contributed by atoms with E-state index in [-0.39, 0.29) is 22.7 Å². The predicted molar refractivity (Wildman–Crippen MR) is 114 cm³/mol. The Morgan fingerprint density at radius 1 is 1.20 bits per heavy atom. The average molecular weight is 428 g/mol. The van der Waals surface area contributed by atoms with Crippen LogP contribution in [0.2, 0.25) is 0 Å². The first-order chi connectivity index (χ1) is 14.1. The largest absolute Gasteiger partial charge is 0.386 e. The SMILES string of the molecule is CNC(=O)c1cccc(Nc2sc(-c3ccc(C(C)(C)O)cc3F)cc2C(N)=O)n1. The third-order valence-electron chi connectivity index (χ3n) is 4.39. The van der Waals surface area contributed by atoms with Crippen LogP contribution in [0.3, 0.4) is 0 Å². The summed E-state index contributed by atoms with van der Waals surface area (Å²) in [7, 11) is 1.50. The number of benzene rings is 1. The lowest BCUT2D eigenvalue weighted by Gasteiger charge is -2.18. The number of hydrogen-bond acceptors (Lipinski definition) is 6. The minimum Gasteiger partial charge on any atom is -0.386 e. The zero-order chi connectivity index (χ0) is 22.1. The van der Waals surface area contributed by atoms with Crippen LogP contribution in [0.5, 0.6) is 0 Å². The Balaban J connectivity index is 1.99. The van der Waals surface area contributed by atoms with Gasteiger partial charge in [-0.15, -0.1) is 11.3 Å². The van der Waals surface area contributed by atoms with Crippen LogP contribution in [0.15, 0.2) is 42.5 Å². The Labute approximate surface area is 176 Å². The van der Waals surface area contributed by atoms with Gasteiger partial charge in [0.2, 0.25) is 0 Å². The summed E-state index contributed by atoms with van der Waals surface area (Å²) in [5, 5.41) is 15.9. The summed E-state index contributed by atoms with van der Waals surface area (Å²) in [5.41, 5.74) is 5.40. The van der Waals surface area contributed by atoms with Gasteiger partial charge in [0.25, 0.3) is 11.8 Å². The molecule has 0 radical (unpaired) electrons. The first-order valence-electron chi connectivity index (χ1n) is 9.02. The number of nitrogens with one attached hydrogen (secondary N) is 2. The van der Waals surface area contributed by atoms with Gasteiger partial charge in [-0.25, -0.2) is 9.37 Å². The van der Waals surface area contributed by atoms with Crippen LogP contribution in [-0.4, -0.2) is 29.0 Å². The number of aromatic nitrogens is 1. The molecule has 0 atom stereocenters. The number of anilines is 2. The highest BCUT2D eigenvalue weighted by molar-refractivity contribution is 7.19. The smallest absolute Gasteiger partial charge is 0.269 e. The molecule has 0 bridgehead atoms. The van der Waals surface area contributed by atoms with Crippen molar-refractivity contribution in [2.45, 2.75) is 19.4 Å². The lowest BCUT2D eigenvalue weighted by atomic mass is 9.96. The molecule has 2 amide bonds. The number of carbonyl (C=O) groups is 2. The Kier molecular flexibility index (Phi) is 5.86. The summed E-state index contributed by atoms with van der Waals surface area (Å²) in [5.74, 6) is -1.23. The second-order valence-corrected chi connectivity index (χ2v) is 8.14. The molecule has 0 unspecified atom stereocenters. The van der Waals surface area contributed by atoms with E-state index in [9.17, 15) is 19.1 Å². The second kappa shape index (κ2) is 8.21. The summed E-state index contributed by atoms with van der Waals surface area (Å²) < 4.78 is 14.7. The van der Waals surface area contributed by atoms with Crippen LogP contribution in [0, 0.1) is 5.82 Å². The van der Waals surface area contributed by atoms with Crippen LogP contribution in [0.1, 0.15) is 40.3 Å². The highest BCUT2D eigenvalue weighted by Gasteiger charge is 2.21. The molecule has 1 aromatic carbocycles. The summed E-state index contributed by atoms with van der Waals surface area (Å²) in [6, 6.07) is 10.8. The highest BCUT2D eigenvalue weighted by atomic mass is 32.1. The van der Waals surface area contributed by atoms with E-state index in [0.717, 1.165) is 11.3 Å². The molecule has 0 spiro atoms. The van der Waals surface area contributed by atoms with Crippen molar-refractivity contribution >= 4 is 34.0 Å². The summed E-state index contributed by atoms with van der Waals surface area (Å²) >= 11 is 1.13. The lowest BCUT2D eigenvalue weighted by molar-refractivity contribution is 0.0782. The van der Waals surface area contributed by atoms with Gasteiger partial charge < -0.3 is 21.5 Å². The highest BCUT2D eigenvalue weighted by Crippen LogP contribution is 2.38. The van der Waals surface area contributed by atoms with E-state index in [0.29, 0.717) is 21.3 Å². The average Bonchev–Trinajstić information content (AvgIpc) is 3.10. The van der Waals surface area contributed by atoms with E-state index in [2.05, 4.69) is 15.6 Å². The van der Waals surface area contributed by atoms with Crippen molar-refractivity contribution in [3.05, 3.63) is 65.1 Å². The molecule has 0 saturated carbocycles. The zero-order valence-electron chi connectivity index (χ0n) is 16.6. The van der Waals surface area contributed by atoms with Crippen molar-refractivity contribution < 1.29 is 19.1 Å². The Morgan fingerprint density at radius 2 is 1.93 bits per heavy atom. The number of halogens is 1. The molecule has 156 valence electrons. The standard InChI is InChI=1S/C21H21FN4O3S/c1-21(2,29)11-7-8-12(14(22)9-11)16-10-13(18(23)27)20(30-16)26-17-6-4-5-15(25-17)19(28)24-3/h4-10,29H,1-3H3,(H2,23,27)(H,24,28)(H,25,26). The first kappa shape index (κ1) is 21.4. The van der Waals surface area contributed by atoms with Gasteiger partial charge in [-0.05, 0) is 43.7 Å². The van der Waals surface area contributed by atoms with Gasteiger partial charge in [0, 0.05) is 17.5 Å². The first-order valence-corrected chi connectivity index (χ1v) is 9.84. The van der Waals surface area contributed by atoms with Crippen LogP contribution in [0.4, 0.5) is 15.2 Å². The van der Waals surface area contributed by atoms with Crippen LogP contribution in [0.25, 0.3) is 10.4 Å². The molecule has 0 aliphatic rings. The van der Waals surface area contributed by atoms with E-state index in [4.69, 9.17) is 5.73 Å². The van der Waals surface area contributed by atoms with E-state index in [1.54, 1.807) is 44.2 Å². The van der Waals surface area contributed by atoms with Gasteiger partial charge in [-0.1, -0.05) is 18.2 Å². The zero-order valence-corrected chi connectivity index (χ0v) is 17.4. The molecular weight excluding hydrogens is 407 g/mol. The third-order valence-corrected chi connectivity index (χ3v) is 5.47. The minimum absolute atomic E-state index is 0.174. The fourth-order valence-corrected chi connectivity index (χ4v) is 3.87. The van der Waals surface area contributed by atoms with Crippen molar-refractivity contribution in [3.63, 3.8) is 0 Å². The Bertz CT molecular complexity index is 1120. The maximum atomic E-state index is 14.7. The number of nitrogens with two attached hydrogens (primary N) is 1. The Hall–Kier alpha value is -3.30. The monoisotopic (exact) mass is 428 g/mol. The molecule has 0 fully saturated rings. The number of amides is 2. The number of nitrogens with zero attached hydrogens (tertiary/aromatic N) is 1. The number of rotatable bonds is 6. The number of aliphatic hydroxyl groups is 1. The van der Waals surface area contributed by atoms with Gasteiger partial charge in [-0.3, -0.25) is 9.59 Å². The molecule has 2 heterocycles. The number of thiophene rings is 1. The van der Waals surface area contributed by atoms with E-state index in [1.807, 2.05) is 0 Å². The van der Waals surface area contributed by atoms with Crippen LogP contribution in [-0.2, 0) is 5.60 Å². The van der Waals surface area contributed by atoms with Crippen molar-refractivity contribution in [1.29, 1.82) is 0 Å². The maximum Gasteiger partial charge on any atom is 0.269 e. The van der Waals surface area contributed by atoms with Gasteiger partial charge in [-0.2, -0.15) is 0 Å². The van der Waals surface area contributed by atoms with E-state index in [1.165, 1.54) is 19.2 Å². The van der Waals surface area contributed by atoms with E-state index >= 15 is 0 Å². The molecular formula is C21H21FN4O3S. The van der Waals surface area contributed by atoms with Crippen LogP contribution >= 0.6 is 11.3 Å². The molecule has 3 aromatic rings. The van der Waals surface area contributed by atoms with Crippen molar-refractivity contribution in [2.24, 2.45) is 5.73 Å². The number of primary amides is 1. The van der Waals surface area contributed by atoms with Crippen LogP contribution < -0.4 is 16.4 Å². The van der Waals surface area contributed by atoms with Gasteiger partial charge in [0.15, 0.2) is 0 Å². The molecule has 9 heteroatoms. The van der Waals surface area contributed by atoms with E-state index < -0.39 is 17.3 Å². The normalized spacial score (nSPS) is 11.2. The van der Waals surface area contributed by atoms with Gasteiger partial charge >= 0.3 is 0 Å². The lowest BCUT2D eigenvalue weighted by Crippen LogP contribution is -2.19. The summed E-state index contributed by atoms with van der Waals surface area (Å²) in [6.45, 7) is 3.14. The minimum atomic E-state index is -1.18. The maximum absolute atomic E-state index is 14.7. The fraction of sp³-hybridized carbons (Fsp3) is 0.190. The molecule has 5 N–H and O–H groups in total. The third kappa shape index (κ3) is 4.47. The molecule has 30 heavy (non-hydrogen) atoms. The van der Waals surface area contributed by atoms with Gasteiger partial charge in [0.1, 0.15) is 22.3 Å². The number of hydrogen-bond donors (Lipinski definition) is 4. The topological polar surface area (TPSA) is 117 Å². The molecule has 3 rings (SSSR count). The quantitative estimate of drug-likeness (QED) is 0.480. The van der Waals surface area contributed by atoms with Crippen molar-refractivity contribution in [3.8, 4) is 10.4 Å². The number of pyridine rings is 1. The van der Waals surface area contributed by atoms with Gasteiger partial charge in [0.05, 0.1) is 11.2 Å². The predicted octanol–water partition coefficient (Wildman–Crippen LogP) is 3.38. The molecule has 0 saturated heterocycles. The molecule has 0 aliphatic carbocycles. The van der Waals surface area contributed by atoms with Crippen molar-refractivity contribution in [2.75, 3.05) is 12.4 Å². The molecule has 0 aliphatic heterocycles. The van der Waals surface area contributed by atoms with Crippen molar-refractivity contribution in [1.82, 2.24) is 10.3 Å². The molecule has 2 aromatic heterocycles. The fourth-order valence-electron chi connectivity index (χ4n) is 2.77. The second-order valence-electron chi connectivity index (χ2n) is 7.08. The summed E-state index contributed by atoms with van der Waals surface area (Å²) in [4.78, 5) is 28.4. The Morgan fingerprint density at radius 3 is 2.53 bits per heavy atom. The molecule has 7 nitrogen and oxygen atoms in total. The summed E-state index contributed by atoms with van der Waals surface area (Å²) in [6.07, 6.45) is 0.